The molecule has 0 radical (unpaired) electrons. The van der Waals surface area contributed by atoms with Crippen LogP contribution >= 0.6 is 0 Å². The summed E-state index contributed by atoms with van der Waals surface area (Å²) in [6.07, 6.45) is 1.64. The Morgan fingerprint density at radius 1 is 1.23 bits per heavy atom. The normalized spacial score (nSPS) is 22.2. The minimum absolute atomic E-state index is 0.0527. The van der Waals surface area contributed by atoms with E-state index in [9.17, 15) is 19.2 Å². The Hall–Kier alpha value is -2.73. The lowest BCUT2D eigenvalue weighted by atomic mass is 9.75. The number of carbonyl (C=O) groups excluding carboxylic acids is 2. The van der Waals surface area contributed by atoms with Crippen LogP contribution in [-0.2, 0) is 10.2 Å². The zero-order valence-corrected chi connectivity index (χ0v) is 14.5. The van der Waals surface area contributed by atoms with Gasteiger partial charge in [-0.3, -0.25) is 14.8 Å². The molecule has 2 amide bonds. The van der Waals surface area contributed by atoms with E-state index in [0.29, 0.717) is 36.0 Å². The van der Waals surface area contributed by atoms with Gasteiger partial charge in [-0.1, -0.05) is 24.3 Å². The number of primary amides is 1. The van der Waals surface area contributed by atoms with Crippen LogP contribution in [-0.4, -0.2) is 17.0 Å². The molecule has 5 nitrogen and oxygen atoms in total. The summed E-state index contributed by atoms with van der Waals surface area (Å²) in [5.41, 5.74) is 8.47. The summed E-state index contributed by atoms with van der Waals surface area (Å²) in [6.45, 7) is 1.64. The van der Waals surface area contributed by atoms with Crippen molar-refractivity contribution in [3.8, 4) is 0 Å². The number of rotatable bonds is 4. The van der Waals surface area contributed by atoms with Gasteiger partial charge in [0, 0.05) is 5.56 Å². The lowest BCUT2D eigenvalue weighted by Gasteiger charge is -2.29. The van der Waals surface area contributed by atoms with Gasteiger partial charge >= 0.3 is 0 Å². The molecule has 2 atom stereocenters. The first kappa shape index (κ1) is 18.1. The molecule has 1 aliphatic rings. The van der Waals surface area contributed by atoms with Crippen molar-refractivity contribution in [2.45, 2.75) is 37.5 Å². The highest BCUT2D eigenvalue weighted by atomic mass is 19.1. The van der Waals surface area contributed by atoms with Crippen molar-refractivity contribution in [1.82, 2.24) is 5.48 Å². The Labute approximate surface area is 151 Å². The van der Waals surface area contributed by atoms with E-state index in [1.54, 1.807) is 36.7 Å². The molecule has 0 bridgehead atoms. The fourth-order valence-corrected chi connectivity index (χ4v) is 4.06. The molecule has 3 rings (SSSR count). The predicted molar refractivity (Wildman–Crippen MR) is 94.3 cm³/mol. The molecule has 0 unspecified atom stereocenters. The third-order valence-electron chi connectivity index (χ3n) is 5.50. The fourth-order valence-electron chi connectivity index (χ4n) is 4.06. The lowest BCUT2D eigenvalue weighted by molar-refractivity contribution is -0.135. The van der Waals surface area contributed by atoms with Gasteiger partial charge in [0.2, 0.25) is 5.91 Å². The van der Waals surface area contributed by atoms with Crippen molar-refractivity contribution in [2.24, 2.45) is 5.73 Å². The fraction of sp³-hybridized carbons (Fsp3) is 0.300. The van der Waals surface area contributed by atoms with Gasteiger partial charge in [0.05, 0.1) is 5.41 Å². The molecule has 26 heavy (non-hydrogen) atoms. The number of nitrogens with two attached hydrogens (primary N) is 1. The molecule has 0 aliphatic heterocycles. The molecule has 0 aromatic heterocycles. The van der Waals surface area contributed by atoms with E-state index in [1.807, 2.05) is 12.1 Å². The minimum Gasteiger partial charge on any atom is -0.366 e. The second-order valence-electron chi connectivity index (χ2n) is 6.86. The van der Waals surface area contributed by atoms with E-state index in [0.717, 1.165) is 5.56 Å². The van der Waals surface area contributed by atoms with Crippen molar-refractivity contribution >= 4 is 11.8 Å². The number of hydrogen-bond donors (Lipinski definition) is 3. The van der Waals surface area contributed by atoms with E-state index in [4.69, 9.17) is 5.73 Å². The van der Waals surface area contributed by atoms with Crippen LogP contribution in [0, 0.1) is 12.7 Å². The molecule has 1 saturated carbocycles. The topological polar surface area (TPSA) is 92.4 Å². The SMILES string of the molecule is Cc1c(F)cccc1[C@]1(C(=O)NO)CC[C@H](c2ccc(C(N)=O)cc2)C1. The van der Waals surface area contributed by atoms with Gasteiger partial charge in [-0.2, -0.15) is 0 Å². The Morgan fingerprint density at radius 3 is 2.54 bits per heavy atom. The maximum absolute atomic E-state index is 14.1. The van der Waals surface area contributed by atoms with Gasteiger partial charge in [0.1, 0.15) is 5.82 Å². The van der Waals surface area contributed by atoms with Crippen LogP contribution in [0.2, 0.25) is 0 Å². The van der Waals surface area contributed by atoms with E-state index in [-0.39, 0.29) is 11.7 Å². The first-order valence-corrected chi connectivity index (χ1v) is 8.49. The third kappa shape index (κ3) is 2.97. The highest BCUT2D eigenvalue weighted by molar-refractivity contribution is 5.92. The molecule has 136 valence electrons. The third-order valence-corrected chi connectivity index (χ3v) is 5.50. The van der Waals surface area contributed by atoms with E-state index in [2.05, 4.69) is 0 Å². The van der Waals surface area contributed by atoms with Crippen LogP contribution in [0.1, 0.15) is 52.2 Å². The van der Waals surface area contributed by atoms with Crippen LogP contribution in [0.4, 0.5) is 4.39 Å². The van der Waals surface area contributed by atoms with Gasteiger partial charge < -0.3 is 5.73 Å². The van der Waals surface area contributed by atoms with Crippen LogP contribution in [0.3, 0.4) is 0 Å². The van der Waals surface area contributed by atoms with Gasteiger partial charge in [0.25, 0.3) is 5.91 Å². The average Bonchev–Trinajstić information content (AvgIpc) is 3.09. The Morgan fingerprint density at radius 2 is 1.92 bits per heavy atom. The molecule has 2 aromatic rings. The quantitative estimate of drug-likeness (QED) is 0.581. The second-order valence-corrected chi connectivity index (χ2v) is 6.86. The van der Waals surface area contributed by atoms with Crippen LogP contribution in [0.5, 0.6) is 0 Å². The maximum atomic E-state index is 14.1. The van der Waals surface area contributed by atoms with E-state index in [1.165, 1.54) is 6.07 Å². The summed E-state index contributed by atoms with van der Waals surface area (Å²) in [5.74, 6) is -1.34. The summed E-state index contributed by atoms with van der Waals surface area (Å²) in [5, 5.41) is 9.29. The van der Waals surface area contributed by atoms with Crippen LogP contribution in [0.25, 0.3) is 0 Å². The Bertz CT molecular complexity index is 851. The molecular weight excluding hydrogens is 335 g/mol. The van der Waals surface area contributed by atoms with Crippen molar-refractivity contribution in [2.75, 3.05) is 0 Å². The first-order chi connectivity index (χ1) is 12.4. The molecule has 2 aromatic carbocycles. The van der Waals surface area contributed by atoms with E-state index >= 15 is 0 Å². The summed E-state index contributed by atoms with van der Waals surface area (Å²) in [4.78, 5) is 23.8. The Balaban J connectivity index is 1.97. The second kappa shape index (κ2) is 6.88. The summed E-state index contributed by atoms with van der Waals surface area (Å²) >= 11 is 0. The molecule has 0 heterocycles. The van der Waals surface area contributed by atoms with Crippen LogP contribution < -0.4 is 11.2 Å². The van der Waals surface area contributed by atoms with Crippen molar-refractivity contribution in [1.29, 1.82) is 0 Å². The number of amides is 2. The monoisotopic (exact) mass is 356 g/mol. The number of hydrogen-bond acceptors (Lipinski definition) is 3. The largest absolute Gasteiger partial charge is 0.366 e. The standard InChI is InChI=1S/C20H21FN2O3/c1-12-16(3-2-4-17(12)21)20(19(25)23-26)10-9-15(11-20)13-5-7-14(8-6-13)18(22)24/h2-8,15,26H,9-11H2,1H3,(H2,22,24)(H,23,25)/t15-,20-/m0/s1. The minimum atomic E-state index is -0.992. The summed E-state index contributed by atoms with van der Waals surface area (Å²) < 4.78 is 14.1. The molecule has 1 aliphatic carbocycles. The molecule has 0 saturated heterocycles. The number of halogens is 1. The zero-order chi connectivity index (χ0) is 18.9. The maximum Gasteiger partial charge on any atom is 0.254 e. The molecule has 4 N–H and O–H groups in total. The van der Waals surface area contributed by atoms with Crippen molar-refractivity contribution in [3.05, 3.63) is 70.5 Å². The molecule has 6 heteroatoms. The highest BCUT2D eigenvalue weighted by Crippen LogP contribution is 2.49. The van der Waals surface area contributed by atoms with Crippen molar-refractivity contribution < 1.29 is 19.2 Å². The number of hydroxylamine groups is 1. The lowest BCUT2D eigenvalue weighted by Crippen LogP contribution is -2.42. The molecule has 0 spiro atoms. The number of carbonyl (C=O) groups is 2. The van der Waals surface area contributed by atoms with Gasteiger partial charge in [-0.05, 0) is 67.0 Å². The highest BCUT2D eigenvalue weighted by Gasteiger charge is 2.48. The van der Waals surface area contributed by atoms with Gasteiger partial charge in [-0.15, -0.1) is 0 Å². The number of benzene rings is 2. The van der Waals surface area contributed by atoms with Crippen LogP contribution in [0.15, 0.2) is 42.5 Å². The first-order valence-electron chi connectivity index (χ1n) is 8.49. The van der Waals surface area contributed by atoms with E-state index < -0.39 is 17.2 Å². The van der Waals surface area contributed by atoms with Gasteiger partial charge in [0.15, 0.2) is 0 Å². The van der Waals surface area contributed by atoms with Gasteiger partial charge in [-0.25, -0.2) is 9.87 Å². The predicted octanol–water partition coefficient (Wildman–Crippen LogP) is 2.94. The summed E-state index contributed by atoms with van der Waals surface area (Å²) in [7, 11) is 0. The Kier molecular flexibility index (Phi) is 4.78. The summed E-state index contributed by atoms with van der Waals surface area (Å²) in [6, 6.07) is 11.7. The smallest absolute Gasteiger partial charge is 0.254 e. The number of nitrogens with one attached hydrogen (secondary N) is 1. The molecule has 1 fully saturated rings. The average molecular weight is 356 g/mol. The van der Waals surface area contributed by atoms with Crippen molar-refractivity contribution in [3.63, 3.8) is 0 Å². The zero-order valence-electron chi connectivity index (χ0n) is 14.5. The molecular formula is C20H21FN2O3.